The molecule has 0 unspecified atom stereocenters. The van der Waals surface area contributed by atoms with E-state index in [4.69, 9.17) is 12.2 Å². The molecule has 1 aromatic rings. The molecule has 19 heavy (non-hydrogen) atoms. The van der Waals surface area contributed by atoms with Gasteiger partial charge in [0.05, 0.1) is 4.92 Å². The molecule has 0 radical (unpaired) electrons. The third-order valence-corrected chi connectivity index (χ3v) is 3.04. The van der Waals surface area contributed by atoms with Gasteiger partial charge in [-0.15, -0.1) is 0 Å². The molecule has 1 saturated carbocycles. The SMILES string of the molecule is O=[N+]([O-])c1ccccc1NC(=S)NN=C1CCCC1. The van der Waals surface area contributed by atoms with E-state index in [1.165, 1.54) is 6.07 Å². The summed E-state index contributed by atoms with van der Waals surface area (Å²) in [4.78, 5) is 10.4. The van der Waals surface area contributed by atoms with Crippen molar-refractivity contribution in [3.63, 3.8) is 0 Å². The van der Waals surface area contributed by atoms with Crippen LogP contribution in [-0.2, 0) is 0 Å². The minimum Gasteiger partial charge on any atom is -0.326 e. The molecule has 1 aliphatic rings. The normalized spacial score (nSPS) is 14.0. The third kappa shape index (κ3) is 3.72. The van der Waals surface area contributed by atoms with Gasteiger partial charge in [0.15, 0.2) is 5.11 Å². The van der Waals surface area contributed by atoms with E-state index in [0.717, 1.165) is 31.4 Å². The summed E-state index contributed by atoms with van der Waals surface area (Å²) in [5.74, 6) is 0. The minimum absolute atomic E-state index is 0.0137. The van der Waals surface area contributed by atoms with Crippen molar-refractivity contribution in [2.24, 2.45) is 5.10 Å². The van der Waals surface area contributed by atoms with Crippen molar-refractivity contribution in [3.05, 3.63) is 34.4 Å². The van der Waals surface area contributed by atoms with E-state index in [9.17, 15) is 10.1 Å². The summed E-state index contributed by atoms with van der Waals surface area (Å²) in [6.45, 7) is 0. The van der Waals surface area contributed by atoms with E-state index in [1.807, 2.05) is 0 Å². The quantitative estimate of drug-likeness (QED) is 0.505. The van der Waals surface area contributed by atoms with Gasteiger partial charge in [0.2, 0.25) is 0 Å². The van der Waals surface area contributed by atoms with Crippen LogP contribution in [0, 0.1) is 10.1 Å². The van der Waals surface area contributed by atoms with Gasteiger partial charge in [-0.1, -0.05) is 12.1 Å². The van der Waals surface area contributed by atoms with Crippen molar-refractivity contribution in [3.8, 4) is 0 Å². The summed E-state index contributed by atoms with van der Waals surface area (Å²) < 4.78 is 0. The fourth-order valence-corrected chi connectivity index (χ4v) is 2.07. The van der Waals surface area contributed by atoms with Crippen LogP contribution in [0.3, 0.4) is 0 Å². The van der Waals surface area contributed by atoms with E-state index >= 15 is 0 Å². The first kappa shape index (κ1) is 13.4. The van der Waals surface area contributed by atoms with Gasteiger partial charge >= 0.3 is 0 Å². The Morgan fingerprint density at radius 1 is 1.32 bits per heavy atom. The summed E-state index contributed by atoms with van der Waals surface area (Å²) in [6, 6.07) is 6.35. The van der Waals surface area contributed by atoms with Gasteiger partial charge in [-0.25, -0.2) is 0 Å². The van der Waals surface area contributed by atoms with Gasteiger partial charge in [-0.3, -0.25) is 15.5 Å². The standard InChI is InChI=1S/C12H14N4O2S/c17-16(18)11-8-4-3-7-10(11)13-12(19)15-14-9-5-1-2-6-9/h3-4,7-8H,1-2,5-6H2,(H2,13,15,19). The van der Waals surface area contributed by atoms with Gasteiger partial charge < -0.3 is 5.32 Å². The number of para-hydroxylation sites is 2. The third-order valence-electron chi connectivity index (χ3n) is 2.85. The average molecular weight is 278 g/mol. The zero-order valence-electron chi connectivity index (χ0n) is 10.3. The van der Waals surface area contributed by atoms with Crippen molar-refractivity contribution < 1.29 is 4.92 Å². The monoisotopic (exact) mass is 278 g/mol. The number of hydrogen-bond donors (Lipinski definition) is 2. The van der Waals surface area contributed by atoms with Crippen molar-refractivity contribution in [1.29, 1.82) is 0 Å². The topological polar surface area (TPSA) is 79.6 Å². The summed E-state index contributed by atoms with van der Waals surface area (Å²) in [5.41, 5.74) is 4.16. The molecule has 7 heteroatoms. The molecule has 1 aromatic carbocycles. The van der Waals surface area contributed by atoms with Crippen LogP contribution in [-0.4, -0.2) is 15.7 Å². The molecule has 0 spiro atoms. The molecule has 0 aromatic heterocycles. The lowest BCUT2D eigenvalue weighted by atomic mass is 10.3. The van der Waals surface area contributed by atoms with Gasteiger partial charge in [0, 0.05) is 11.8 Å². The maximum Gasteiger partial charge on any atom is 0.292 e. The molecule has 0 heterocycles. The van der Waals surface area contributed by atoms with E-state index in [1.54, 1.807) is 18.2 Å². The fourth-order valence-electron chi connectivity index (χ4n) is 1.91. The molecule has 6 nitrogen and oxygen atoms in total. The number of nitrogens with one attached hydrogen (secondary N) is 2. The molecule has 100 valence electrons. The minimum atomic E-state index is -0.451. The Labute approximate surface area is 116 Å². The van der Waals surface area contributed by atoms with Crippen molar-refractivity contribution >= 4 is 34.4 Å². The Kier molecular flexibility index (Phi) is 4.40. The zero-order valence-corrected chi connectivity index (χ0v) is 11.1. The number of hydrazone groups is 1. The highest BCUT2D eigenvalue weighted by molar-refractivity contribution is 7.80. The van der Waals surface area contributed by atoms with Crippen LogP contribution in [0.25, 0.3) is 0 Å². The Morgan fingerprint density at radius 2 is 2.00 bits per heavy atom. The predicted molar refractivity (Wildman–Crippen MR) is 78.4 cm³/mol. The highest BCUT2D eigenvalue weighted by atomic mass is 32.1. The molecular formula is C12H14N4O2S. The molecular weight excluding hydrogens is 264 g/mol. The molecule has 0 aliphatic heterocycles. The van der Waals surface area contributed by atoms with Gasteiger partial charge in [-0.2, -0.15) is 5.10 Å². The first-order chi connectivity index (χ1) is 9.16. The summed E-state index contributed by atoms with van der Waals surface area (Å²) in [7, 11) is 0. The van der Waals surface area contributed by atoms with Crippen LogP contribution >= 0.6 is 12.2 Å². The average Bonchev–Trinajstić information content (AvgIpc) is 2.90. The van der Waals surface area contributed by atoms with Crippen molar-refractivity contribution in [1.82, 2.24) is 5.43 Å². The van der Waals surface area contributed by atoms with E-state index < -0.39 is 4.92 Å². The number of nitrogens with zero attached hydrogens (tertiary/aromatic N) is 2. The van der Waals surface area contributed by atoms with Crippen LogP contribution in [0.4, 0.5) is 11.4 Å². The van der Waals surface area contributed by atoms with E-state index in [0.29, 0.717) is 5.69 Å². The van der Waals surface area contributed by atoms with E-state index in [2.05, 4.69) is 15.8 Å². The molecule has 0 amide bonds. The molecule has 0 saturated heterocycles. The highest BCUT2D eigenvalue weighted by Gasteiger charge is 2.13. The fraction of sp³-hybridized carbons (Fsp3) is 0.333. The summed E-state index contributed by atoms with van der Waals surface area (Å²) in [6.07, 6.45) is 4.29. The first-order valence-electron chi connectivity index (χ1n) is 6.02. The van der Waals surface area contributed by atoms with Gasteiger partial charge in [-0.05, 0) is 44.0 Å². The number of hydrogen-bond acceptors (Lipinski definition) is 4. The van der Waals surface area contributed by atoms with E-state index in [-0.39, 0.29) is 10.8 Å². The van der Waals surface area contributed by atoms with Crippen LogP contribution in [0.2, 0.25) is 0 Å². The predicted octanol–water partition coefficient (Wildman–Crippen LogP) is 2.81. The summed E-state index contributed by atoms with van der Waals surface area (Å²) in [5, 5.41) is 18.1. The molecule has 2 rings (SSSR count). The van der Waals surface area contributed by atoms with Crippen molar-refractivity contribution in [2.75, 3.05) is 5.32 Å². The lowest BCUT2D eigenvalue weighted by Crippen LogP contribution is -2.25. The number of nitro groups is 1. The summed E-state index contributed by atoms with van der Waals surface area (Å²) >= 11 is 5.06. The molecule has 2 N–H and O–H groups in total. The number of benzene rings is 1. The molecule has 0 bridgehead atoms. The largest absolute Gasteiger partial charge is 0.326 e. The Hall–Kier alpha value is -2.02. The Balaban J connectivity index is 1.99. The molecule has 0 atom stereocenters. The van der Waals surface area contributed by atoms with Crippen molar-refractivity contribution in [2.45, 2.75) is 25.7 Å². The lowest BCUT2D eigenvalue weighted by molar-refractivity contribution is -0.383. The Morgan fingerprint density at radius 3 is 2.68 bits per heavy atom. The van der Waals surface area contributed by atoms with Crippen LogP contribution in [0.1, 0.15) is 25.7 Å². The Bertz CT molecular complexity index is 522. The van der Waals surface area contributed by atoms with Gasteiger partial charge in [0.25, 0.3) is 5.69 Å². The van der Waals surface area contributed by atoms with Crippen LogP contribution < -0.4 is 10.7 Å². The maximum atomic E-state index is 10.8. The number of thiocarbonyl (C=S) groups is 1. The zero-order chi connectivity index (χ0) is 13.7. The lowest BCUT2D eigenvalue weighted by Gasteiger charge is -2.07. The first-order valence-corrected chi connectivity index (χ1v) is 6.43. The second kappa shape index (κ2) is 6.24. The van der Waals surface area contributed by atoms with Gasteiger partial charge in [0.1, 0.15) is 5.69 Å². The maximum absolute atomic E-state index is 10.8. The van der Waals surface area contributed by atoms with Crippen LogP contribution in [0.15, 0.2) is 29.4 Å². The molecule has 1 fully saturated rings. The smallest absolute Gasteiger partial charge is 0.292 e. The number of anilines is 1. The van der Waals surface area contributed by atoms with Crippen LogP contribution in [0.5, 0.6) is 0 Å². The molecule has 1 aliphatic carbocycles. The number of rotatable bonds is 3. The highest BCUT2D eigenvalue weighted by Crippen LogP contribution is 2.22. The number of nitro benzene ring substituents is 1. The second-order valence-electron chi connectivity index (χ2n) is 4.23. The second-order valence-corrected chi connectivity index (χ2v) is 4.63.